The topological polar surface area (TPSA) is 144 Å². The standard InChI is InChI=1S/C11H13NO3.C5H11NO2S/c1-8(13)11(12,10(14)15)7-9-5-3-2-4-6-9;1-9-3-2-4(6)5(7)8/h2-6H,7,12H2,1H3,(H,14,15);4H,2-3,6H2,1H3,(H,7,8)/t11-;4-/m10/s1. The maximum atomic E-state index is 11.2. The summed E-state index contributed by atoms with van der Waals surface area (Å²) in [6.07, 6.45) is 2.49. The second-order valence-electron chi connectivity index (χ2n) is 5.22. The molecule has 134 valence electrons. The smallest absolute Gasteiger partial charge is 0.331 e. The fourth-order valence-corrected chi connectivity index (χ4v) is 2.13. The quantitative estimate of drug-likeness (QED) is 0.500. The molecule has 0 radical (unpaired) electrons. The highest BCUT2D eigenvalue weighted by Gasteiger charge is 2.39. The van der Waals surface area contributed by atoms with Crippen LogP contribution < -0.4 is 11.5 Å². The van der Waals surface area contributed by atoms with Crippen LogP contribution in [0.25, 0.3) is 0 Å². The molecule has 2 atom stereocenters. The van der Waals surface area contributed by atoms with E-state index in [2.05, 4.69) is 0 Å². The molecular weight excluding hydrogens is 332 g/mol. The van der Waals surface area contributed by atoms with Crippen LogP contribution in [0, 0.1) is 0 Å². The van der Waals surface area contributed by atoms with Crippen LogP contribution in [0.2, 0.25) is 0 Å². The third-order valence-electron chi connectivity index (χ3n) is 3.29. The van der Waals surface area contributed by atoms with Crippen LogP contribution in [0.4, 0.5) is 0 Å². The van der Waals surface area contributed by atoms with E-state index in [0.29, 0.717) is 6.42 Å². The second-order valence-corrected chi connectivity index (χ2v) is 6.21. The van der Waals surface area contributed by atoms with Gasteiger partial charge in [-0.1, -0.05) is 30.3 Å². The highest BCUT2D eigenvalue weighted by atomic mass is 32.2. The molecule has 6 N–H and O–H groups in total. The van der Waals surface area contributed by atoms with E-state index in [9.17, 15) is 14.4 Å². The van der Waals surface area contributed by atoms with Gasteiger partial charge in [0.1, 0.15) is 6.04 Å². The molecule has 1 rings (SSSR count). The Bertz CT molecular complexity index is 537. The molecule has 0 heterocycles. The number of carboxylic acid groups (broad SMARTS) is 2. The zero-order valence-corrected chi connectivity index (χ0v) is 14.6. The van der Waals surface area contributed by atoms with Crippen LogP contribution in [0.15, 0.2) is 30.3 Å². The number of Topliss-reactive ketones (excluding diaryl/α,β-unsaturated/α-hetero) is 1. The summed E-state index contributed by atoms with van der Waals surface area (Å²) in [4.78, 5) is 32.2. The number of hydrogen-bond acceptors (Lipinski definition) is 6. The highest BCUT2D eigenvalue weighted by molar-refractivity contribution is 7.98. The minimum Gasteiger partial charge on any atom is -0.480 e. The van der Waals surface area contributed by atoms with Crippen molar-refractivity contribution in [2.75, 3.05) is 12.0 Å². The molecule has 8 heteroatoms. The van der Waals surface area contributed by atoms with E-state index in [-0.39, 0.29) is 6.42 Å². The maximum absolute atomic E-state index is 11.2. The van der Waals surface area contributed by atoms with Crippen LogP contribution in [0.5, 0.6) is 0 Å². The summed E-state index contributed by atoms with van der Waals surface area (Å²) in [6, 6.07) is 8.17. The van der Waals surface area contributed by atoms with Crippen molar-refractivity contribution in [1.29, 1.82) is 0 Å². The number of benzene rings is 1. The first-order valence-electron chi connectivity index (χ1n) is 7.19. The summed E-state index contributed by atoms with van der Waals surface area (Å²) in [5.41, 5.74) is 9.67. The number of carbonyl (C=O) groups is 3. The van der Waals surface area contributed by atoms with Crippen LogP contribution in [-0.2, 0) is 20.8 Å². The number of rotatable bonds is 8. The van der Waals surface area contributed by atoms with Crippen molar-refractivity contribution in [1.82, 2.24) is 0 Å². The minimum absolute atomic E-state index is 0.0124. The number of carboxylic acids is 2. The molecular formula is C16H24N2O5S. The average Bonchev–Trinajstić information content (AvgIpc) is 2.53. The van der Waals surface area contributed by atoms with Gasteiger partial charge in [-0.15, -0.1) is 0 Å². The van der Waals surface area contributed by atoms with Gasteiger partial charge >= 0.3 is 11.9 Å². The molecule has 0 saturated heterocycles. The molecule has 0 aliphatic rings. The summed E-state index contributed by atoms with van der Waals surface area (Å²) in [5.74, 6) is -1.94. The molecule has 24 heavy (non-hydrogen) atoms. The number of aliphatic carboxylic acids is 2. The molecule has 7 nitrogen and oxygen atoms in total. The van der Waals surface area contributed by atoms with Crippen LogP contribution in [0.3, 0.4) is 0 Å². The molecule has 0 aliphatic heterocycles. The maximum Gasteiger partial charge on any atom is 0.331 e. The van der Waals surface area contributed by atoms with E-state index >= 15 is 0 Å². The van der Waals surface area contributed by atoms with E-state index < -0.39 is 29.3 Å². The molecule has 0 bridgehead atoms. The zero-order chi connectivity index (χ0) is 18.8. The second kappa shape index (κ2) is 10.8. The SMILES string of the molecule is CC(=O)[C@](N)(Cc1ccccc1)C(=O)O.CSCC[C@H](N)C(=O)O. The van der Waals surface area contributed by atoms with E-state index in [1.54, 1.807) is 36.0 Å². The molecule has 0 amide bonds. The van der Waals surface area contributed by atoms with Crippen molar-refractivity contribution in [2.45, 2.75) is 31.3 Å². The van der Waals surface area contributed by atoms with Crippen molar-refractivity contribution in [3.05, 3.63) is 35.9 Å². The lowest BCUT2D eigenvalue weighted by atomic mass is 9.88. The summed E-state index contributed by atoms with van der Waals surface area (Å²) in [6.45, 7) is 1.19. The van der Waals surface area contributed by atoms with Crippen molar-refractivity contribution in [3.8, 4) is 0 Å². The lowest BCUT2D eigenvalue weighted by Gasteiger charge is -2.21. The Hall–Kier alpha value is -1.90. The van der Waals surface area contributed by atoms with Gasteiger partial charge in [0.15, 0.2) is 11.3 Å². The third kappa shape index (κ3) is 7.58. The van der Waals surface area contributed by atoms with E-state index in [1.807, 2.05) is 12.3 Å². The van der Waals surface area contributed by atoms with Gasteiger partial charge in [0.2, 0.25) is 0 Å². The Labute approximate surface area is 145 Å². The fraction of sp³-hybridized carbons (Fsp3) is 0.438. The average molecular weight is 356 g/mol. The third-order valence-corrected chi connectivity index (χ3v) is 3.93. The molecule has 0 unspecified atom stereocenters. The first-order chi connectivity index (χ1) is 11.1. The summed E-state index contributed by atoms with van der Waals surface area (Å²) >= 11 is 1.60. The Morgan fingerprint density at radius 1 is 1.21 bits per heavy atom. The predicted octanol–water partition coefficient (Wildman–Crippen LogP) is 0.752. The van der Waals surface area contributed by atoms with E-state index in [1.165, 1.54) is 6.92 Å². The number of carbonyl (C=O) groups excluding carboxylic acids is 1. The first-order valence-corrected chi connectivity index (χ1v) is 8.59. The molecule has 0 fully saturated rings. The molecule has 0 aromatic heterocycles. The van der Waals surface area contributed by atoms with Crippen molar-refractivity contribution < 1.29 is 24.6 Å². The number of hydrogen-bond donors (Lipinski definition) is 4. The molecule has 0 spiro atoms. The van der Waals surface area contributed by atoms with Gasteiger partial charge < -0.3 is 21.7 Å². The Kier molecular flexibility index (Phi) is 9.94. The first kappa shape index (κ1) is 22.1. The monoisotopic (exact) mass is 356 g/mol. The molecule has 0 saturated carbocycles. The normalized spacial score (nSPS) is 13.8. The van der Waals surface area contributed by atoms with Crippen molar-refractivity contribution >= 4 is 29.5 Å². The Balaban J connectivity index is 0.000000506. The van der Waals surface area contributed by atoms with Crippen LogP contribution >= 0.6 is 11.8 Å². The number of ketones is 1. The van der Waals surface area contributed by atoms with E-state index in [0.717, 1.165) is 11.3 Å². The molecule has 1 aromatic carbocycles. The number of nitrogens with two attached hydrogens (primary N) is 2. The summed E-state index contributed by atoms with van der Waals surface area (Å²) in [5, 5.41) is 17.2. The van der Waals surface area contributed by atoms with E-state index in [4.69, 9.17) is 21.7 Å². The van der Waals surface area contributed by atoms with Gasteiger partial charge in [-0.05, 0) is 30.9 Å². The van der Waals surface area contributed by atoms with Crippen LogP contribution in [-0.4, -0.2) is 51.5 Å². The zero-order valence-electron chi connectivity index (χ0n) is 13.8. The fourth-order valence-electron chi connectivity index (χ4n) is 1.64. The van der Waals surface area contributed by atoms with Gasteiger partial charge in [-0.2, -0.15) is 11.8 Å². The lowest BCUT2D eigenvalue weighted by Crippen LogP contribution is -2.55. The molecule has 1 aromatic rings. The van der Waals surface area contributed by atoms with Gasteiger partial charge in [-0.25, -0.2) is 4.79 Å². The van der Waals surface area contributed by atoms with Crippen LogP contribution in [0.1, 0.15) is 18.9 Å². The minimum atomic E-state index is -1.82. The lowest BCUT2D eigenvalue weighted by molar-refractivity contribution is -0.147. The number of thioether (sulfide) groups is 1. The predicted molar refractivity (Wildman–Crippen MR) is 94.0 cm³/mol. The van der Waals surface area contributed by atoms with Gasteiger partial charge in [0.05, 0.1) is 0 Å². The van der Waals surface area contributed by atoms with Crippen molar-refractivity contribution in [3.63, 3.8) is 0 Å². The van der Waals surface area contributed by atoms with Gasteiger partial charge in [0, 0.05) is 6.42 Å². The summed E-state index contributed by atoms with van der Waals surface area (Å²) < 4.78 is 0. The van der Waals surface area contributed by atoms with Crippen molar-refractivity contribution in [2.24, 2.45) is 11.5 Å². The Morgan fingerprint density at radius 2 is 1.75 bits per heavy atom. The molecule has 0 aliphatic carbocycles. The van der Waals surface area contributed by atoms with Gasteiger partial charge in [-0.3, -0.25) is 9.59 Å². The summed E-state index contributed by atoms with van der Waals surface area (Å²) in [7, 11) is 0. The highest BCUT2D eigenvalue weighted by Crippen LogP contribution is 2.12. The van der Waals surface area contributed by atoms with Gasteiger partial charge in [0.25, 0.3) is 0 Å². The largest absolute Gasteiger partial charge is 0.480 e. The Morgan fingerprint density at radius 3 is 2.12 bits per heavy atom.